The third kappa shape index (κ3) is 3.56. The highest BCUT2D eigenvalue weighted by molar-refractivity contribution is 7.17. The second kappa shape index (κ2) is 7.00. The van der Waals surface area contributed by atoms with Crippen molar-refractivity contribution >= 4 is 29.1 Å². The van der Waals surface area contributed by atoms with E-state index >= 15 is 0 Å². The molecule has 1 N–H and O–H groups in total. The van der Waals surface area contributed by atoms with E-state index in [1.165, 1.54) is 16.2 Å². The fourth-order valence-electron chi connectivity index (χ4n) is 2.56. The second-order valence-electron chi connectivity index (χ2n) is 5.62. The summed E-state index contributed by atoms with van der Waals surface area (Å²) in [5.74, 6) is 1.18. The van der Waals surface area contributed by atoms with Gasteiger partial charge in [0.15, 0.2) is 0 Å². The van der Waals surface area contributed by atoms with Crippen molar-refractivity contribution in [2.24, 2.45) is 0 Å². The van der Waals surface area contributed by atoms with Crippen LogP contribution in [-0.2, 0) is 9.59 Å². The van der Waals surface area contributed by atoms with E-state index in [4.69, 9.17) is 4.42 Å². The molecule has 0 radical (unpaired) electrons. The summed E-state index contributed by atoms with van der Waals surface area (Å²) in [7, 11) is 0. The second-order valence-corrected chi connectivity index (χ2v) is 6.71. The number of thiophene rings is 1. The summed E-state index contributed by atoms with van der Waals surface area (Å²) in [6.45, 7) is 2.66. The van der Waals surface area contributed by atoms with E-state index in [0.29, 0.717) is 37.2 Å². The number of imide groups is 1. The minimum atomic E-state index is -0.159. The lowest BCUT2D eigenvalue weighted by Gasteiger charge is -2.13. The number of rotatable bonds is 6. The molecular formula is C17H18N2O4S. The van der Waals surface area contributed by atoms with Crippen LogP contribution < -0.4 is 5.32 Å². The molecule has 3 heterocycles. The van der Waals surface area contributed by atoms with Gasteiger partial charge in [0, 0.05) is 25.9 Å². The molecule has 0 atom stereocenters. The van der Waals surface area contributed by atoms with E-state index in [0.717, 1.165) is 16.4 Å². The van der Waals surface area contributed by atoms with Crippen molar-refractivity contribution in [2.45, 2.75) is 26.2 Å². The van der Waals surface area contributed by atoms with Gasteiger partial charge < -0.3 is 9.73 Å². The third-order valence-electron chi connectivity index (χ3n) is 3.81. The van der Waals surface area contributed by atoms with Gasteiger partial charge in [-0.1, -0.05) is 0 Å². The maximum absolute atomic E-state index is 12.1. The summed E-state index contributed by atoms with van der Waals surface area (Å²) in [6.07, 6.45) is 1.16. The molecule has 0 saturated carbocycles. The highest BCUT2D eigenvalue weighted by Gasteiger charge is 2.27. The lowest BCUT2D eigenvalue weighted by molar-refractivity contribution is -0.138. The van der Waals surface area contributed by atoms with Crippen LogP contribution in [0, 0.1) is 6.92 Å². The SMILES string of the molecule is Cc1ccc(-c2ccc(C(=O)NCCCN3C(=O)CCC3=O)s2)o1. The summed E-state index contributed by atoms with van der Waals surface area (Å²) in [5.41, 5.74) is 0. The Morgan fingerprint density at radius 3 is 2.62 bits per heavy atom. The van der Waals surface area contributed by atoms with Gasteiger partial charge in [0.25, 0.3) is 5.91 Å². The van der Waals surface area contributed by atoms with Crippen LogP contribution in [0.25, 0.3) is 10.6 Å². The quantitative estimate of drug-likeness (QED) is 0.644. The molecule has 1 saturated heterocycles. The topological polar surface area (TPSA) is 79.6 Å². The lowest BCUT2D eigenvalue weighted by Crippen LogP contribution is -2.33. The Morgan fingerprint density at radius 1 is 1.21 bits per heavy atom. The van der Waals surface area contributed by atoms with Crippen molar-refractivity contribution in [3.8, 4) is 10.6 Å². The predicted molar refractivity (Wildman–Crippen MR) is 89.7 cm³/mol. The highest BCUT2D eigenvalue weighted by Crippen LogP contribution is 2.29. The van der Waals surface area contributed by atoms with Gasteiger partial charge in [-0.05, 0) is 37.6 Å². The number of aryl methyl sites for hydroxylation is 1. The fraction of sp³-hybridized carbons (Fsp3) is 0.353. The molecule has 3 rings (SSSR count). The molecule has 2 aromatic rings. The number of carbonyl (C=O) groups is 3. The number of carbonyl (C=O) groups excluding carboxylic acids is 3. The van der Waals surface area contributed by atoms with Gasteiger partial charge in [-0.15, -0.1) is 11.3 Å². The molecule has 3 amide bonds. The first-order chi connectivity index (χ1) is 11.5. The van der Waals surface area contributed by atoms with Crippen LogP contribution in [0.4, 0.5) is 0 Å². The zero-order valence-corrected chi connectivity index (χ0v) is 14.1. The molecule has 6 nitrogen and oxygen atoms in total. The molecule has 7 heteroatoms. The predicted octanol–water partition coefficient (Wildman–Crippen LogP) is 2.59. The van der Waals surface area contributed by atoms with E-state index < -0.39 is 0 Å². The van der Waals surface area contributed by atoms with Crippen LogP contribution in [0.5, 0.6) is 0 Å². The molecule has 0 aliphatic carbocycles. The van der Waals surface area contributed by atoms with E-state index in [1.54, 1.807) is 6.07 Å². The van der Waals surface area contributed by atoms with Crippen LogP contribution in [0.1, 0.15) is 34.7 Å². The van der Waals surface area contributed by atoms with Crippen molar-refractivity contribution in [3.05, 3.63) is 34.9 Å². The fourth-order valence-corrected chi connectivity index (χ4v) is 3.44. The average Bonchev–Trinajstić information content (AvgIpc) is 3.26. The minimum absolute atomic E-state index is 0.122. The number of furan rings is 1. The monoisotopic (exact) mass is 346 g/mol. The van der Waals surface area contributed by atoms with Crippen molar-refractivity contribution < 1.29 is 18.8 Å². The van der Waals surface area contributed by atoms with Crippen LogP contribution in [0.2, 0.25) is 0 Å². The summed E-state index contributed by atoms with van der Waals surface area (Å²) in [6, 6.07) is 7.39. The maximum atomic E-state index is 12.1. The Bertz CT molecular complexity index is 761. The van der Waals surface area contributed by atoms with Crippen LogP contribution >= 0.6 is 11.3 Å². The molecule has 0 spiro atoms. The zero-order valence-electron chi connectivity index (χ0n) is 13.3. The average molecular weight is 346 g/mol. The molecule has 1 aliphatic heterocycles. The Kier molecular flexibility index (Phi) is 4.80. The summed E-state index contributed by atoms with van der Waals surface area (Å²) < 4.78 is 5.55. The normalized spacial score (nSPS) is 14.5. The van der Waals surface area contributed by atoms with E-state index in [2.05, 4.69) is 5.32 Å². The molecular weight excluding hydrogens is 328 g/mol. The van der Waals surface area contributed by atoms with Gasteiger partial charge in [-0.3, -0.25) is 19.3 Å². The van der Waals surface area contributed by atoms with Crippen LogP contribution in [0.3, 0.4) is 0 Å². The maximum Gasteiger partial charge on any atom is 0.261 e. The van der Waals surface area contributed by atoms with Gasteiger partial charge in [0.2, 0.25) is 11.8 Å². The summed E-state index contributed by atoms with van der Waals surface area (Å²) in [4.78, 5) is 37.9. The van der Waals surface area contributed by atoms with Gasteiger partial charge >= 0.3 is 0 Å². The van der Waals surface area contributed by atoms with Crippen molar-refractivity contribution in [1.82, 2.24) is 10.2 Å². The van der Waals surface area contributed by atoms with Gasteiger partial charge in [0.1, 0.15) is 11.5 Å². The molecule has 1 aliphatic rings. The van der Waals surface area contributed by atoms with Gasteiger partial charge in [0.05, 0.1) is 9.75 Å². The molecule has 0 bridgehead atoms. The standard InChI is InChI=1S/C17H18N2O4S/c1-11-3-4-12(23-11)13-5-6-14(24-13)17(22)18-9-2-10-19-15(20)7-8-16(19)21/h3-6H,2,7-10H2,1H3,(H,18,22). The highest BCUT2D eigenvalue weighted by atomic mass is 32.1. The first-order valence-corrected chi connectivity index (χ1v) is 8.64. The smallest absolute Gasteiger partial charge is 0.261 e. The Balaban J connectivity index is 1.48. The van der Waals surface area contributed by atoms with Gasteiger partial charge in [-0.2, -0.15) is 0 Å². The zero-order chi connectivity index (χ0) is 17.1. The van der Waals surface area contributed by atoms with Crippen LogP contribution in [0.15, 0.2) is 28.7 Å². The van der Waals surface area contributed by atoms with E-state index in [-0.39, 0.29) is 17.7 Å². The number of hydrogen-bond acceptors (Lipinski definition) is 5. The molecule has 24 heavy (non-hydrogen) atoms. The minimum Gasteiger partial charge on any atom is -0.461 e. The Hall–Kier alpha value is -2.41. The number of hydrogen-bond donors (Lipinski definition) is 1. The number of nitrogens with zero attached hydrogens (tertiary/aromatic N) is 1. The summed E-state index contributed by atoms with van der Waals surface area (Å²) in [5, 5.41) is 2.81. The lowest BCUT2D eigenvalue weighted by atomic mass is 10.3. The Morgan fingerprint density at radius 2 is 1.96 bits per heavy atom. The van der Waals surface area contributed by atoms with Gasteiger partial charge in [-0.25, -0.2) is 0 Å². The first kappa shape index (κ1) is 16.4. The van der Waals surface area contributed by atoms with Crippen molar-refractivity contribution in [3.63, 3.8) is 0 Å². The number of nitrogens with one attached hydrogen (secondary N) is 1. The molecule has 0 unspecified atom stereocenters. The molecule has 1 fully saturated rings. The van der Waals surface area contributed by atoms with E-state index in [9.17, 15) is 14.4 Å². The van der Waals surface area contributed by atoms with Crippen LogP contribution in [-0.4, -0.2) is 35.7 Å². The van der Waals surface area contributed by atoms with Crippen molar-refractivity contribution in [2.75, 3.05) is 13.1 Å². The largest absolute Gasteiger partial charge is 0.461 e. The van der Waals surface area contributed by atoms with E-state index in [1.807, 2.05) is 25.1 Å². The molecule has 2 aromatic heterocycles. The first-order valence-electron chi connectivity index (χ1n) is 7.82. The molecule has 0 aromatic carbocycles. The summed E-state index contributed by atoms with van der Waals surface area (Å²) >= 11 is 1.37. The van der Waals surface area contributed by atoms with Crippen molar-refractivity contribution in [1.29, 1.82) is 0 Å². The number of amides is 3. The Labute approximate surface area is 143 Å². The third-order valence-corrected chi connectivity index (χ3v) is 4.91. The molecule has 126 valence electrons. The number of likely N-dealkylation sites (tertiary alicyclic amines) is 1.